The minimum Gasteiger partial charge on any atom is -0.472 e. The van der Waals surface area contributed by atoms with E-state index in [2.05, 4.69) is 5.32 Å². The van der Waals surface area contributed by atoms with Gasteiger partial charge in [0.15, 0.2) is 9.84 Å². The van der Waals surface area contributed by atoms with Gasteiger partial charge >= 0.3 is 0 Å². The second kappa shape index (κ2) is 4.52. The van der Waals surface area contributed by atoms with Gasteiger partial charge in [-0.3, -0.25) is 4.79 Å². The first-order chi connectivity index (χ1) is 7.99. The fraction of sp³-hybridized carbons (Fsp3) is 0.545. The van der Waals surface area contributed by atoms with Crippen LogP contribution in [0.2, 0.25) is 0 Å². The number of carbonyl (C=O) groups excluding carboxylic acids is 1. The van der Waals surface area contributed by atoms with Crippen LogP contribution >= 0.6 is 0 Å². The van der Waals surface area contributed by atoms with Crippen LogP contribution in [0.3, 0.4) is 0 Å². The Morgan fingerprint density at radius 1 is 1.59 bits per heavy atom. The van der Waals surface area contributed by atoms with E-state index in [1.165, 1.54) is 12.5 Å². The van der Waals surface area contributed by atoms with Crippen molar-refractivity contribution >= 4 is 15.7 Å². The summed E-state index contributed by atoms with van der Waals surface area (Å²) in [4.78, 5) is 11.7. The van der Waals surface area contributed by atoms with Crippen molar-refractivity contribution in [1.29, 1.82) is 0 Å². The third-order valence-electron chi connectivity index (χ3n) is 3.14. The van der Waals surface area contributed by atoms with E-state index in [-0.39, 0.29) is 24.1 Å². The summed E-state index contributed by atoms with van der Waals surface area (Å²) < 4.78 is 27.9. The second-order valence-corrected chi connectivity index (χ2v) is 6.82. The zero-order valence-electron chi connectivity index (χ0n) is 9.55. The molecular formula is C11H15NO4S. The summed E-state index contributed by atoms with van der Waals surface area (Å²) in [5.41, 5.74) is 0.788. The summed E-state index contributed by atoms with van der Waals surface area (Å²) in [5.74, 6) is -0.00878. The van der Waals surface area contributed by atoms with Crippen molar-refractivity contribution in [3.05, 3.63) is 24.2 Å². The molecule has 1 saturated heterocycles. The lowest BCUT2D eigenvalue weighted by molar-refractivity contribution is -0.121. The van der Waals surface area contributed by atoms with Crippen molar-refractivity contribution in [3.63, 3.8) is 0 Å². The monoisotopic (exact) mass is 257 g/mol. The standard InChI is InChI=1S/C11H15NO4S/c1-8-10(3-5-17(8,14)15)12-11(13)6-9-2-4-16-7-9/h2,4,7-8,10H,3,5-6H2,1H3,(H,12,13)/t8-,10-/m0/s1. The first-order valence-electron chi connectivity index (χ1n) is 5.51. The van der Waals surface area contributed by atoms with E-state index in [1.807, 2.05) is 0 Å². The Hall–Kier alpha value is -1.30. The van der Waals surface area contributed by atoms with Crippen LogP contribution in [0.15, 0.2) is 23.0 Å². The van der Waals surface area contributed by atoms with Crippen molar-refractivity contribution in [2.24, 2.45) is 0 Å². The molecule has 17 heavy (non-hydrogen) atoms. The average molecular weight is 257 g/mol. The number of hydrogen-bond acceptors (Lipinski definition) is 4. The molecule has 5 nitrogen and oxygen atoms in total. The molecule has 0 saturated carbocycles. The second-order valence-electron chi connectivity index (χ2n) is 4.34. The third-order valence-corrected chi connectivity index (χ3v) is 5.40. The van der Waals surface area contributed by atoms with E-state index >= 15 is 0 Å². The molecule has 0 unspecified atom stereocenters. The zero-order valence-corrected chi connectivity index (χ0v) is 10.4. The summed E-state index contributed by atoms with van der Waals surface area (Å²) in [6, 6.07) is 1.45. The SMILES string of the molecule is C[C@H]1[C@@H](NC(=O)Cc2ccoc2)CCS1(=O)=O. The van der Waals surface area contributed by atoms with Crippen LogP contribution in [0.1, 0.15) is 18.9 Å². The van der Waals surface area contributed by atoms with Gasteiger partial charge < -0.3 is 9.73 Å². The highest BCUT2D eigenvalue weighted by molar-refractivity contribution is 7.92. The molecule has 0 aromatic carbocycles. The van der Waals surface area contributed by atoms with Gasteiger partial charge in [-0.1, -0.05) is 0 Å². The Labute approximate surface area is 100 Å². The molecule has 2 atom stereocenters. The molecule has 0 aliphatic carbocycles. The van der Waals surface area contributed by atoms with Gasteiger partial charge in [-0.2, -0.15) is 0 Å². The summed E-state index contributed by atoms with van der Waals surface area (Å²) in [7, 11) is -3.02. The van der Waals surface area contributed by atoms with Gasteiger partial charge in [-0.25, -0.2) is 8.42 Å². The van der Waals surface area contributed by atoms with Gasteiger partial charge in [0.25, 0.3) is 0 Å². The first-order valence-corrected chi connectivity index (χ1v) is 7.22. The zero-order chi connectivity index (χ0) is 12.5. The van der Waals surface area contributed by atoms with Gasteiger partial charge in [0.05, 0.1) is 29.9 Å². The topological polar surface area (TPSA) is 76.4 Å². The molecule has 1 aliphatic rings. The predicted octanol–water partition coefficient (Wildman–Crippen LogP) is 0.514. The summed E-state index contributed by atoms with van der Waals surface area (Å²) in [6.07, 6.45) is 3.74. The Morgan fingerprint density at radius 3 is 2.88 bits per heavy atom. The fourth-order valence-corrected chi connectivity index (χ4v) is 3.65. The van der Waals surface area contributed by atoms with Gasteiger partial charge in [0, 0.05) is 6.04 Å². The maximum atomic E-state index is 11.7. The molecular weight excluding hydrogens is 242 g/mol. The van der Waals surface area contributed by atoms with Crippen LogP contribution in [0, 0.1) is 0 Å². The predicted molar refractivity (Wildman–Crippen MR) is 62.2 cm³/mol. The molecule has 6 heteroatoms. The van der Waals surface area contributed by atoms with Crippen LogP contribution in [-0.4, -0.2) is 31.4 Å². The molecule has 1 fully saturated rings. The molecule has 0 bridgehead atoms. The van der Waals surface area contributed by atoms with E-state index in [9.17, 15) is 13.2 Å². The van der Waals surface area contributed by atoms with Crippen molar-refractivity contribution in [2.75, 3.05) is 5.75 Å². The van der Waals surface area contributed by atoms with E-state index in [4.69, 9.17) is 4.42 Å². The molecule has 0 spiro atoms. The molecule has 1 aromatic heterocycles. The van der Waals surface area contributed by atoms with Gasteiger partial charge in [-0.05, 0) is 25.0 Å². The molecule has 94 valence electrons. The molecule has 1 amide bonds. The maximum absolute atomic E-state index is 11.7. The van der Waals surface area contributed by atoms with E-state index in [0.29, 0.717) is 6.42 Å². The Morgan fingerprint density at radius 2 is 2.35 bits per heavy atom. The van der Waals surface area contributed by atoms with Crippen molar-refractivity contribution in [1.82, 2.24) is 5.32 Å². The maximum Gasteiger partial charge on any atom is 0.224 e. The minimum atomic E-state index is -3.02. The minimum absolute atomic E-state index is 0.158. The number of carbonyl (C=O) groups is 1. The number of furan rings is 1. The van der Waals surface area contributed by atoms with E-state index < -0.39 is 15.1 Å². The van der Waals surface area contributed by atoms with E-state index in [0.717, 1.165) is 5.56 Å². The Bertz CT molecular complexity index is 492. The highest BCUT2D eigenvalue weighted by atomic mass is 32.2. The Kier molecular flexibility index (Phi) is 3.24. The highest BCUT2D eigenvalue weighted by Gasteiger charge is 2.37. The van der Waals surface area contributed by atoms with Crippen LogP contribution in [0.4, 0.5) is 0 Å². The summed E-state index contributed by atoms with van der Waals surface area (Å²) in [5, 5.41) is 2.27. The highest BCUT2D eigenvalue weighted by Crippen LogP contribution is 2.20. The molecule has 1 aromatic rings. The van der Waals surface area contributed by atoms with E-state index in [1.54, 1.807) is 13.0 Å². The number of amides is 1. The molecule has 1 aliphatic heterocycles. The number of nitrogens with one attached hydrogen (secondary N) is 1. The third kappa shape index (κ3) is 2.69. The molecule has 2 heterocycles. The molecule has 1 N–H and O–H groups in total. The normalized spacial score (nSPS) is 26.9. The molecule has 0 radical (unpaired) electrons. The number of sulfone groups is 1. The van der Waals surface area contributed by atoms with Crippen LogP contribution < -0.4 is 5.32 Å². The number of rotatable bonds is 3. The largest absolute Gasteiger partial charge is 0.472 e. The smallest absolute Gasteiger partial charge is 0.224 e. The summed E-state index contributed by atoms with van der Waals surface area (Å²) >= 11 is 0. The summed E-state index contributed by atoms with van der Waals surface area (Å²) in [6.45, 7) is 1.64. The fourth-order valence-electron chi connectivity index (χ4n) is 1.99. The first kappa shape index (κ1) is 12.2. The van der Waals surface area contributed by atoms with Crippen LogP contribution in [0.5, 0.6) is 0 Å². The van der Waals surface area contributed by atoms with Gasteiger partial charge in [0.1, 0.15) is 0 Å². The van der Waals surface area contributed by atoms with Crippen molar-refractivity contribution < 1.29 is 17.6 Å². The lowest BCUT2D eigenvalue weighted by atomic mass is 10.1. The number of hydrogen-bond donors (Lipinski definition) is 1. The average Bonchev–Trinajstić information content (AvgIpc) is 2.82. The Balaban J connectivity index is 1.92. The lowest BCUT2D eigenvalue weighted by Crippen LogP contribution is -2.41. The van der Waals surface area contributed by atoms with Crippen LogP contribution in [-0.2, 0) is 21.1 Å². The van der Waals surface area contributed by atoms with Gasteiger partial charge in [-0.15, -0.1) is 0 Å². The lowest BCUT2D eigenvalue weighted by Gasteiger charge is -2.15. The van der Waals surface area contributed by atoms with Crippen molar-refractivity contribution in [2.45, 2.75) is 31.1 Å². The van der Waals surface area contributed by atoms with Crippen molar-refractivity contribution in [3.8, 4) is 0 Å². The van der Waals surface area contributed by atoms with Crippen LogP contribution in [0.25, 0.3) is 0 Å². The molecule has 2 rings (SSSR count). The quantitative estimate of drug-likeness (QED) is 0.856. The van der Waals surface area contributed by atoms with Gasteiger partial charge in [0.2, 0.25) is 5.91 Å².